The van der Waals surface area contributed by atoms with Crippen molar-refractivity contribution in [1.29, 1.82) is 0 Å². The molecule has 1 aliphatic rings. The summed E-state index contributed by atoms with van der Waals surface area (Å²) in [6.45, 7) is 6.35. The number of hydrogen-bond donors (Lipinski definition) is 1. The van der Waals surface area contributed by atoms with Crippen LogP contribution in [-0.4, -0.2) is 34.8 Å². The molecule has 2 rings (SSSR count). The fourth-order valence-electron chi connectivity index (χ4n) is 2.50. The number of carbonyl (C=O) groups excluding carboxylic acids is 1. The first-order chi connectivity index (χ1) is 10.1. The minimum atomic E-state index is -1.02. The molecular formula is C16H21Cl2NO3. The van der Waals surface area contributed by atoms with Crippen molar-refractivity contribution >= 4 is 29.3 Å². The zero-order chi connectivity index (χ0) is 16.5. The molecule has 1 aromatic carbocycles. The molecule has 22 heavy (non-hydrogen) atoms. The molecule has 1 saturated heterocycles. The van der Waals surface area contributed by atoms with Gasteiger partial charge < -0.3 is 14.7 Å². The van der Waals surface area contributed by atoms with Crippen molar-refractivity contribution in [2.75, 3.05) is 13.1 Å². The molecule has 0 aromatic heterocycles. The molecule has 1 heterocycles. The van der Waals surface area contributed by atoms with Crippen LogP contribution < -0.4 is 0 Å². The topological polar surface area (TPSA) is 49.8 Å². The van der Waals surface area contributed by atoms with Crippen LogP contribution in [0.1, 0.15) is 39.2 Å². The first-order valence-electron chi connectivity index (χ1n) is 7.26. The van der Waals surface area contributed by atoms with E-state index >= 15 is 0 Å². The highest BCUT2D eigenvalue weighted by Gasteiger charge is 2.37. The molecule has 0 atom stereocenters. The predicted octanol–water partition coefficient (Wildman–Crippen LogP) is 4.21. The van der Waals surface area contributed by atoms with E-state index in [4.69, 9.17) is 27.9 Å². The molecule has 0 unspecified atom stereocenters. The lowest BCUT2D eigenvalue weighted by atomic mass is 9.84. The Morgan fingerprint density at radius 3 is 2.14 bits per heavy atom. The molecule has 0 radical (unpaired) electrons. The summed E-state index contributed by atoms with van der Waals surface area (Å²) in [6, 6.07) is 5.07. The summed E-state index contributed by atoms with van der Waals surface area (Å²) >= 11 is 12.0. The maximum Gasteiger partial charge on any atom is 0.410 e. The summed E-state index contributed by atoms with van der Waals surface area (Å²) in [7, 11) is 0. The second-order valence-electron chi connectivity index (χ2n) is 6.66. The number of amides is 1. The highest BCUT2D eigenvalue weighted by atomic mass is 35.5. The summed E-state index contributed by atoms with van der Waals surface area (Å²) in [4.78, 5) is 13.7. The Labute approximate surface area is 141 Å². The van der Waals surface area contributed by atoms with Crippen LogP contribution in [0.4, 0.5) is 4.79 Å². The van der Waals surface area contributed by atoms with Gasteiger partial charge >= 0.3 is 6.09 Å². The van der Waals surface area contributed by atoms with Crippen molar-refractivity contribution in [3.8, 4) is 0 Å². The SMILES string of the molecule is CC(C)(C)OC(=O)N1CCC(O)(c2cc(Cl)cc(Cl)c2)CC1. The minimum absolute atomic E-state index is 0.348. The highest BCUT2D eigenvalue weighted by Crippen LogP contribution is 2.36. The largest absolute Gasteiger partial charge is 0.444 e. The van der Waals surface area contributed by atoms with Crippen LogP contribution in [0, 0.1) is 0 Å². The van der Waals surface area contributed by atoms with Gasteiger partial charge in [0, 0.05) is 23.1 Å². The Bertz CT molecular complexity index is 541. The fraction of sp³-hybridized carbons (Fsp3) is 0.562. The van der Waals surface area contributed by atoms with Gasteiger partial charge in [0.15, 0.2) is 0 Å². The third-order valence-corrected chi connectivity index (χ3v) is 4.08. The number of carbonyl (C=O) groups is 1. The van der Waals surface area contributed by atoms with Crippen LogP contribution >= 0.6 is 23.2 Å². The number of likely N-dealkylation sites (tertiary alicyclic amines) is 1. The molecule has 6 heteroatoms. The molecule has 1 amide bonds. The standard InChI is InChI=1S/C16H21Cl2NO3/c1-15(2,3)22-14(20)19-6-4-16(21,5-7-19)11-8-12(17)10-13(18)9-11/h8-10,21H,4-7H2,1-3H3. The second-order valence-corrected chi connectivity index (χ2v) is 7.53. The van der Waals surface area contributed by atoms with Crippen LogP contribution in [-0.2, 0) is 10.3 Å². The summed E-state index contributed by atoms with van der Waals surface area (Å²) in [6.07, 6.45) is 0.491. The summed E-state index contributed by atoms with van der Waals surface area (Å²) in [5.74, 6) is 0. The van der Waals surface area contributed by atoms with E-state index in [0.717, 1.165) is 0 Å². The highest BCUT2D eigenvalue weighted by molar-refractivity contribution is 6.34. The van der Waals surface area contributed by atoms with Gasteiger partial charge in [-0.25, -0.2) is 4.79 Å². The second kappa shape index (κ2) is 6.26. The van der Waals surface area contributed by atoms with Crippen molar-refractivity contribution < 1.29 is 14.6 Å². The molecule has 1 aromatic rings. The van der Waals surface area contributed by atoms with Gasteiger partial charge in [-0.3, -0.25) is 0 Å². The third kappa shape index (κ3) is 4.28. The van der Waals surface area contributed by atoms with E-state index in [9.17, 15) is 9.90 Å². The maximum atomic E-state index is 12.0. The number of nitrogens with zero attached hydrogens (tertiary/aromatic N) is 1. The van der Waals surface area contributed by atoms with Crippen molar-refractivity contribution in [3.05, 3.63) is 33.8 Å². The van der Waals surface area contributed by atoms with Gasteiger partial charge in [-0.2, -0.15) is 0 Å². The minimum Gasteiger partial charge on any atom is -0.444 e. The Hall–Kier alpha value is -0.970. The fourth-order valence-corrected chi connectivity index (χ4v) is 3.02. The summed E-state index contributed by atoms with van der Waals surface area (Å²) in [5, 5.41) is 11.8. The van der Waals surface area contributed by atoms with Gasteiger partial charge in [-0.15, -0.1) is 0 Å². The molecule has 1 fully saturated rings. The third-order valence-electron chi connectivity index (χ3n) is 3.64. The van der Waals surface area contributed by atoms with Gasteiger partial charge in [0.2, 0.25) is 0 Å². The number of rotatable bonds is 1. The number of aliphatic hydroxyl groups is 1. The summed E-state index contributed by atoms with van der Waals surface area (Å²) in [5.41, 5.74) is -0.855. The van der Waals surface area contributed by atoms with Gasteiger partial charge in [-0.05, 0) is 57.4 Å². The quantitative estimate of drug-likeness (QED) is 0.829. The number of benzene rings is 1. The smallest absolute Gasteiger partial charge is 0.410 e. The number of hydrogen-bond acceptors (Lipinski definition) is 3. The molecule has 4 nitrogen and oxygen atoms in total. The molecular weight excluding hydrogens is 325 g/mol. The van der Waals surface area contributed by atoms with Gasteiger partial charge in [-0.1, -0.05) is 23.2 Å². The van der Waals surface area contributed by atoms with Gasteiger partial charge in [0.25, 0.3) is 0 Å². The first kappa shape index (κ1) is 17.4. The van der Waals surface area contributed by atoms with Crippen molar-refractivity contribution in [3.63, 3.8) is 0 Å². The van der Waals surface area contributed by atoms with Crippen LogP contribution in [0.3, 0.4) is 0 Å². The predicted molar refractivity (Wildman–Crippen MR) is 87.4 cm³/mol. The number of piperidine rings is 1. The van der Waals surface area contributed by atoms with E-state index in [1.165, 1.54) is 0 Å². The average Bonchev–Trinajstić information content (AvgIpc) is 2.36. The van der Waals surface area contributed by atoms with Crippen LogP contribution in [0.15, 0.2) is 18.2 Å². The number of halogens is 2. The maximum absolute atomic E-state index is 12.0. The van der Waals surface area contributed by atoms with Crippen molar-refractivity contribution in [2.45, 2.75) is 44.8 Å². The van der Waals surface area contributed by atoms with E-state index in [-0.39, 0.29) is 6.09 Å². The first-order valence-corrected chi connectivity index (χ1v) is 8.02. The molecule has 1 aliphatic heterocycles. The Balaban J connectivity index is 2.06. The van der Waals surface area contributed by atoms with E-state index in [1.807, 2.05) is 20.8 Å². The molecule has 1 N–H and O–H groups in total. The lowest BCUT2D eigenvalue weighted by Gasteiger charge is -2.39. The molecule has 0 spiro atoms. The monoisotopic (exact) mass is 345 g/mol. The summed E-state index contributed by atoms with van der Waals surface area (Å²) < 4.78 is 5.35. The van der Waals surface area contributed by atoms with Crippen LogP contribution in [0.25, 0.3) is 0 Å². The Morgan fingerprint density at radius 2 is 1.68 bits per heavy atom. The Kier molecular flexibility index (Phi) is 4.95. The van der Waals surface area contributed by atoms with Crippen molar-refractivity contribution in [1.82, 2.24) is 4.90 Å². The zero-order valence-corrected chi connectivity index (χ0v) is 14.5. The van der Waals surface area contributed by atoms with E-state index in [2.05, 4.69) is 0 Å². The van der Waals surface area contributed by atoms with E-state index in [0.29, 0.717) is 41.5 Å². The van der Waals surface area contributed by atoms with E-state index < -0.39 is 11.2 Å². The van der Waals surface area contributed by atoms with Crippen molar-refractivity contribution in [2.24, 2.45) is 0 Å². The Morgan fingerprint density at radius 1 is 1.18 bits per heavy atom. The molecule has 0 saturated carbocycles. The molecule has 122 valence electrons. The van der Waals surface area contributed by atoms with Gasteiger partial charge in [0.1, 0.15) is 5.60 Å². The average molecular weight is 346 g/mol. The van der Waals surface area contributed by atoms with Gasteiger partial charge in [0.05, 0.1) is 5.60 Å². The molecule has 0 aliphatic carbocycles. The number of ether oxygens (including phenoxy) is 1. The van der Waals surface area contributed by atoms with Crippen LogP contribution in [0.2, 0.25) is 10.0 Å². The lowest BCUT2D eigenvalue weighted by Crippen LogP contribution is -2.46. The normalized spacial score (nSPS) is 18.2. The zero-order valence-electron chi connectivity index (χ0n) is 13.0. The molecule has 0 bridgehead atoms. The van der Waals surface area contributed by atoms with Crippen LogP contribution in [0.5, 0.6) is 0 Å². The van der Waals surface area contributed by atoms with E-state index in [1.54, 1.807) is 23.1 Å². The lowest BCUT2D eigenvalue weighted by molar-refractivity contribution is -0.0356.